The first-order valence-corrected chi connectivity index (χ1v) is 13.1. The Hall–Kier alpha value is -3.54. The van der Waals surface area contributed by atoms with Crippen molar-refractivity contribution in [1.82, 2.24) is 0 Å². The molecule has 0 fully saturated rings. The summed E-state index contributed by atoms with van der Waals surface area (Å²) in [6, 6.07) is 14.0. The van der Waals surface area contributed by atoms with Crippen LogP contribution in [-0.4, -0.2) is 31.8 Å². The van der Waals surface area contributed by atoms with Gasteiger partial charge >= 0.3 is 11.9 Å². The maximum Gasteiger partial charge on any atom is 0.343 e. The van der Waals surface area contributed by atoms with Crippen LogP contribution < -0.4 is 14.2 Å². The first kappa shape index (κ1) is 29.7. The van der Waals surface area contributed by atoms with Gasteiger partial charge in [0.15, 0.2) is 0 Å². The van der Waals surface area contributed by atoms with Crippen LogP contribution in [-0.2, 0) is 9.53 Å². The third kappa shape index (κ3) is 11.8. The lowest BCUT2D eigenvalue weighted by Crippen LogP contribution is -2.17. The van der Waals surface area contributed by atoms with Crippen LogP contribution in [0.15, 0.2) is 73.8 Å². The van der Waals surface area contributed by atoms with E-state index < -0.39 is 5.97 Å². The Balaban J connectivity index is 1.61. The molecule has 0 aliphatic carbocycles. The second-order valence-electron chi connectivity index (χ2n) is 8.76. The van der Waals surface area contributed by atoms with Gasteiger partial charge in [-0.25, -0.2) is 4.79 Å². The smallest absolute Gasteiger partial charge is 0.343 e. The summed E-state index contributed by atoms with van der Waals surface area (Å²) in [5.74, 6) is 1.15. The number of allylic oxidation sites excluding steroid dienone is 2. The summed E-state index contributed by atoms with van der Waals surface area (Å²) in [6.45, 7) is 11.2. The number of ether oxygens (including phenoxy) is 4. The minimum absolute atomic E-state index is 0.180. The number of carbonyl (C=O) groups is 2. The van der Waals surface area contributed by atoms with Gasteiger partial charge in [-0.1, -0.05) is 25.5 Å². The minimum atomic E-state index is -0.424. The van der Waals surface area contributed by atoms with E-state index in [2.05, 4.69) is 20.1 Å². The van der Waals surface area contributed by atoms with E-state index in [-0.39, 0.29) is 11.9 Å². The van der Waals surface area contributed by atoms with Gasteiger partial charge in [0, 0.05) is 0 Å². The van der Waals surface area contributed by atoms with Gasteiger partial charge in [-0.3, -0.25) is 4.79 Å². The van der Waals surface area contributed by atoms with Crippen LogP contribution in [0.1, 0.15) is 68.6 Å². The summed E-state index contributed by atoms with van der Waals surface area (Å²) in [7, 11) is 0. The molecule has 37 heavy (non-hydrogen) atoms. The van der Waals surface area contributed by atoms with E-state index in [0.29, 0.717) is 49.7 Å². The number of carbonyl (C=O) groups excluding carboxylic acids is 2. The first-order chi connectivity index (χ1) is 18.1. The fourth-order valence-electron chi connectivity index (χ4n) is 3.52. The Bertz CT molecular complexity index is 939. The predicted molar refractivity (Wildman–Crippen MR) is 146 cm³/mol. The summed E-state index contributed by atoms with van der Waals surface area (Å²) in [5, 5.41) is 0. The summed E-state index contributed by atoms with van der Waals surface area (Å²) in [4.78, 5) is 24.5. The molecule has 0 atom stereocenters. The molecular weight excluding hydrogens is 468 g/mol. The number of esters is 2. The maximum atomic E-state index is 12.4. The Morgan fingerprint density at radius 1 is 0.730 bits per heavy atom. The van der Waals surface area contributed by atoms with Crippen LogP contribution in [0.2, 0.25) is 0 Å². The Labute approximate surface area is 221 Å². The summed E-state index contributed by atoms with van der Waals surface area (Å²) < 4.78 is 22.2. The van der Waals surface area contributed by atoms with E-state index >= 15 is 0 Å². The Kier molecular flexibility index (Phi) is 14.3. The van der Waals surface area contributed by atoms with E-state index in [1.54, 1.807) is 60.7 Å². The van der Waals surface area contributed by atoms with Crippen molar-refractivity contribution < 1.29 is 28.5 Å². The average molecular weight is 509 g/mol. The number of hydrogen-bond acceptors (Lipinski definition) is 6. The van der Waals surface area contributed by atoms with Crippen LogP contribution in [0.4, 0.5) is 0 Å². The molecule has 0 amide bonds. The van der Waals surface area contributed by atoms with Crippen LogP contribution in [0.25, 0.3) is 0 Å². The quantitative estimate of drug-likeness (QED) is 0.0856. The Morgan fingerprint density at radius 3 is 1.81 bits per heavy atom. The van der Waals surface area contributed by atoms with Gasteiger partial charge in [-0.2, -0.15) is 0 Å². The lowest BCUT2D eigenvalue weighted by Gasteiger charge is -2.12. The lowest BCUT2D eigenvalue weighted by molar-refractivity contribution is -0.148. The number of benzene rings is 2. The normalized spacial score (nSPS) is 10.5. The highest BCUT2D eigenvalue weighted by Crippen LogP contribution is 2.20. The van der Waals surface area contributed by atoms with E-state index in [1.165, 1.54) is 0 Å². The molecule has 2 aromatic rings. The number of hydrogen-bond donors (Lipinski definition) is 0. The van der Waals surface area contributed by atoms with Gasteiger partial charge < -0.3 is 18.9 Å². The average Bonchev–Trinajstić information content (AvgIpc) is 2.91. The van der Waals surface area contributed by atoms with Crippen molar-refractivity contribution in [1.29, 1.82) is 0 Å². The number of unbranched alkanes of at least 4 members (excludes halogenated alkanes) is 4. The third-order valence-corrected chi connectivity index (χ3v) is 5.68. The van der Waals surface area contributed by atoms with E-state index in [9.17, 15) is 9.59 Å². The molecule has 0 aromatic heterocycles. The van der Waals surface area contributed by atoms with Crippen LogP contribution in [0, 0.1) is 5.92 Å². The maximum absolute atomic E-state index is 12.4. The molecule has 0 saturated heterocycles. The summed E-state index contributed by atoms with van der Waals surface area (Å²) >= 11 is 0. The van der Waals surface area contributed by atoms with Crippen molar-refractivity contribution in [3.05, 3.63) is 79.4 Å². The van der Waals surface area contributed by atoms with Crippen molar-refractivity contribution in [3.8, 4) is 17.2 Å². The zero-order chi connectivity index (χ0) is 26.7. The second-order valence-corrected chi connectivity index (χ2v) is 8.76. The molecule has 0 aliphatic heterocycles. The molecule has 0 heterocycles. The molecule has 0 N–H and O–H groups in total. The molecule has 0 spiro atoms. The molecule has 0 bridgehead atoms. The molecule has 0 unspecified atom stereocenters. The topological polar surface area (TPSA) is 71.1 Å². The SMILES string of the molecule is C=CCC(CC=C)C(=O)OCCCCCCOc1ccc(C(=O)Oc2ccc(OCCCC)cc2)cc1. The van der Waals surface area contributed by atoms with Gasteiger partial charge in [0.05, 0.1) is 31.3 Å². The van der Waals surface area contributed by atoms with Crippen molar-refractivity contribution in [2.75, 3.05) is 19.8 Å². The fourth-order valence-corrected chi connectivity index (χ4v) is 3.52. The molecule has 0 radical (unpaired) electrons. The monoisotopic (exact) mass is 508 g/mol. The number of rotatable bonds is 19. The van der Waals surface area contributed by atoms with Crippen LogP contribution in [0.3, 0.4) is 0 Å². The van der Waals surface area contributed by atoms with Crippen LogP contribution >= 0.6 is 0 Å². The van der Waals surface area contributed by atoms with E-state index in [4.69, 9.17) is 18.9 Å². The van der Waals surface area contributed by atoms with Crippen molar-refractivity contribution in [3.63, 3.8) is 0 Å². The third-order valence-electron chi connectivity index (χ3n) is 5.68. The first-order valence-electron chi connectivity index (χ1n) is 13.1. The molecule has 6 nitrogen and oxygen atoms in total. The summed E-state index contributed by atoms with van der Waals surface area (Å²) in [5.41, 5.74) is 0.452. The van der Waals surface area contributed by atoms with Crippen molar-refractivity contribution in [2.45, 2.75) is 58.3 Å². The van der Waals surface area contributed by atoms with Gasteiger partial charge in [0.2, 0.25) is 0 Å². The fraction of sp³-hybridized carbons (Fsp3) is 0.419. The van der Waals surface area contributed by atoms with E-state index in [1.807, 2.05) is 0 Å². The largest absolute Gasteiger partial charge is 0.494 e. The second kappa shape index (κ2) is 17.8. The highest BCUT2D eigenvalue weighted by atomic mass is 16.5. The zero-order valence-corrected chi connectivity index (χ0v) is 22.0. The molecule has 200 valence electrons. The van der Waals surface area contributed by atoms with Gasteiger partial charge in [-0.15, -0.1) is 13.2 Å². The van der Waals surface area contributed by atoms with E-state index in [0.717, 1.165) is 44.3 Å². The van der Waals surface area contributed by atoms with Gasteiger partial charge in [-0.05, 0) is 93.5 Å². The van der Waals surface area contributed by atoms with Crippen molar-refractivity contribution >= 4 is 11.9 Å². The van der Waals surface area contributed by atoms with Gasteiger partial charge in [0.1, 0.15) is 17.2 Å². The predicted octanol–water partition coefficient (Wildman–Crippen LogP) is 7.34. The molecule has 0 aliphatic rings. The zero-order valence-electron chi connectivity index (χ0n) is 22.0. The molecule has 2 rings (SSSR count). The van der Waals surface area contributed by atoms with Crippen molar-refractivity contribution in [2.24, 2.45) is 5.92 Å². The highest BCUT2D eigenvalue weighted by Gasteiger charge is 2.16. The molecule has 6 heteroatoms. The standard InChI is InChI=1S/C31H40O6/c1-4-7-22-34-28-18-20-29(21-19-28)37-31(33)26-14-16-27(17-15-26)35-23-10-8-9-11-24-36-30(32)25(12-5-2)13-6-3/h5-6,14-21,25H,2-4,7-13,22-24H2,1H3. The molecule has 0 saturated carbocycles. The van der Waals surface area contributed by atoms with Crippen LogP contribution in [0.5, 0.6) is 17.2 Å². The molecule has 2 aromatic carbocycles. The minimum Gasteiger partial charge on any atom is -0.494 e. The lowest BCUT2D eigenvalue weighted by atomic mass is 10.0. The Morgan fingerprint density at radius 2 is 1.24 bits per heavy atom. The van der Waals surface area contributed by atoms with Gasteiger partial charge in [0.25, 0.3) is 0 Å². The summed E-state index contributed by atoms with van der Waals surface area (Å²) in [6.07, 6.45) is 10.4. The molecular formula is C31H40O6. The highest BCUT2D eigenvalue weighted by molar-refractivity contribution is 5.91.